The lowest BCUT2D eigenvalue weighted by Crippen LogP contribution is -2.34. The molecule has 1 aliphatic carbocycles. The Kier molecular flexibility index (Phi) is 2.10. The fourth-order valence-corrected chi connectivity index (χ4v) is 2.17. The van der Waals surface area contributed by atoms with Gasteiger partial charge in [0.05, 0.1) is 6.61 Å². The molecule has 1 unspecified atom stereocenters. The van der Waals surface area contributed by atoms with Gasteiger partial charge in [-0.2, -0.15) is 0 Å². The van der Waals surface area contributed by atoms with Crippen molar-refractivity contribution in [2.75, 3.05) is 6.61 Å². The van der Waals surface area contributed by atoms with Crippen molar-refractivity contribution in [1.82, 2.24) is 0 Å². The summed E-state index contributed by atoms with van der Waals surface area (Å²) in [6.07, 6.45) is 5.47. The molecule has 64 valence electrons. The van der Waals surface area contributed by atoms with Crippen molar-refractivity contribution in [2.45, 2.75) is 33.1 Å². The Labute approximate surface area is 69.1 Å². The van der Waals surface area contributed by atoms with Crippen LogP contribution in [-0.4, -0.2) is 11.7 Å². The summed E-state index contributed by atoms with van der Waals surface area (Å²) in [6, 6.07) is 0. The molecule has 1 N–H and O–H groups in total. The van der Waals surface area contributed by atoms with Gasteiger partial charge in [-0.05, 0) is 18.3 Å². The fourth-order valence-electron chi connectivity index (χ4n) is 2.17. The van der Waals surface area contributed by atoms with Gasteiger partial charge in [0.1, 0.15) is 0 Å². The van der Waals surface area contributed by atoms with Gasteiger partial charge in [-0.15, -0.1) is 6.58 Å². The third-order valence-electron chi connectivity index (χ3n) is 3.45. The first kappa shape index (κ1) is 8.79. The minimum absolute atomic E-state index is 0.00694. The molecule has 1 atom stereocenters. The highest BCUT2D eigenvalue weighted by Gasteiger charge is 2.45. The van der Waals surface area contributed by atoms with Crippen LogP contribution in [0.5, 0.6) is 0 Å². The lowest BCUT2D eigenvalue weighted by molar-refractivity contribution is 0.0775. The Bertz CT molecular complexity index is 160. The maximum atomic E-state index is 9.28. The van der Waals surface area contributed by atoms with E-state index in [0.717, 1.165) is 6.42 Å². The summed E-state index contributed by atoms with van der Waals surface area (Å²) in [5, 5.41) is 9.28. The molecule has 0 aliphatic heterocycles. The number of rotatable bonds is 2. The summed E-state index contributed by atoms with van der Waals surface area (Å²) in [6.45, 7) is 8.52. The third kappa shape index (κ3) is 1.12. The SMILES string of the molecule is C=CC1(CO)CCCC1(C)C. The van der Waals surface area contributed by atoms with Crippen LogP contribution < -0.4 is 0 Å². The first-order chi connectivity index (χ1) is 5.08. The largest absolute Gasteiger partial charge is 0.395 e. The number of aliphatic hydroxyl groups is 1. The molecule has 0 bridgehead atoms. The summed E-state index contributed by atoms with van der Waals surface area (Å²) in [7, 11) is 0. The third-order valence-corrected chi connectivity index (χ3v) is 3.45. The second-order valence-electron chi connectivity index (χ2n) is 4.26. The zero-order chi connectivity index (χ0) is 8.54. The summed E-state index contributed by atoms with van der Waals surface area (Å²) in [5.41, 5.74) is 0.233. The second kappa shape index (κ2) is 2.63. The average Bonchev–Trinajstić information content (AvgIpc) is 2.26. The summed E-state index contributed by atoms with van der Waals surface area (Å²) in [4.78, 5) is 0. The van der Waals surface area contributed by atoms with E-state index < -0.39 is 0 Å². The molecule has 1 nitrogen and oxygen atoms in total. The molecular weight excluding hydrogens is 136 g/mol. The van der Waals surface area contributed by atoms with Crippen LogP contribution in [0.4, 0.5) is 0 Å². The van der Waals surface area contributed by atoms with Gasteiger partial charge in [-0.3, -0.25) is 0 Å². The van der Waals surface area contributed by atoms with Crippen LogP contribution in [0.25, 0.3) is 0 Å². The lowest BCUT2D eigenvalue weighted by atomic mass is 9.68. The van der Waals surface area contributed by atoms with Crippen molar-refractivity contribution in [3.8, 4) is 0 Å². The van der Waals surface area contributed by atoms with Gasteiger partial charge in [0, 0.05) is 5.41 Å². The Morgan fingerprint density at radius 1 is 1.45 bits per heavy atom. The van der Waals surface area contributed by atoms with Gasteiger partial charge in [-0.1, -0.05) is 26.3 Å². The van der Waals surface area contributed by atoms with E-state index in [1.807, 2.05) is 6.08 Å². The normalized spacial score (nSPS) is 35.5. The Hall–Kier alpha value is -0.300. The van der Waals surface area contributed by atoms with Crippen LogP contribution >= 0.6 is 0 Å². The highest BCUT2D eigenvalue weighted by Crippen LogP contribution is 2.52. The molecule has 0 spiro atoms. The zero-order valence-electron chi connectivity index (χ0n) is 7.56. The van der Waals surface area contributed by atoms with Gasteiger partial charge >= 0.3 is 0 Å². The van der Waals surface area contributed by atoms with Gasteiger partial charge in [0.2, 0.25) is 0 Å². The van der Waals surface area contributed by atoms with Crippen molar-refractivity contribution in [3.63, 3.8) is 0 Å². The van der Waals surface area contributed by atoms with Crippen molar-refractivity contribution >= 4 is 0 Å². The van der Waals surface area contributed by atoms with Crippen molar-refractivity contribution in [2.24, 2.45) is 10.8 Å². The lowest BCUT2D eigenvalue weighted by Gasteiger charge is -2.37. The van der Waals surface area contributed by atoms with E-state index in [1.165, 1.54) is 12.8 Å². The summed E-state index contributed by atoms with van der Waals surface area (Å²) < 4.78 is 0. The van der Waals surface area contributed by atoms with Crippen molar-refractivity contribution in [1.29, 1.82) is 0 Å². The highest BCUT2D eigenvalue weighted by molar-refractivity contribution is 5.07. The molecule has 0 aromatic carbocycles. The molecule has 11 heavy (non-hydrogen) atoms. The number of hydrogen-bond donors (Lipinski definition) is 1. The molecule has 0 heterocycles. The predicted octanol–water partition coefficient (Wildman–Crippen LogP) is 2.36. The maximum absolute atomic E-state index is 9.28. The number of aliphatic hydroxyl groups excluding tert-OH is 1. The topological polar surface area (TPSA) is 20.2 Å². The van der Waals surface area contributed by atoms with Gasteiger partial charge in [0.25, 0.3) is 0 Å². The van der Waals surface area contributed by atoms with E-state index >= 15 is 0 Å². The van der Waals surface area contributed by atoms with Crippen LogP contribution in [0.15, 0.2) is 12.7 Å². The molecule has 0 amide bonds. The van der Waals surface area contributed by atoms with E-state index in [2.05, 4.69) is 20.4 Å². The molecule has 1 heteroatoms. The average molecular weight is 154 g/mol. The monoisotopic (exact) mass is 154 g/mol. The van der Waals surface area contributed by atoms with E-state index in [1.54, 1.807) is 0 Å². The van der Waals surface area contributed by atoms with E-state index in [-0.39, 0.29) is 17.4 Å². The quantitative estimate of drug-likeness (QED) is 0.605. The van der Waals surface area contributed by atoms with Crippen LogP contribution in [0.2, 0.25) is 0 Å². The Morgan fingerprint density at radius 3 is 2.27 bits per heavy atom. The standard InChI is InChI=1S/C10H18O/c1-4-10(8-11)7-5-6-9(10,2)3/h4,11H,1,5-8H2,2-3H3. The van der Waals surface area contributed by atoms with Crippen LogP contribution in [-0.2, 0) is 0 Å². The van der Waals surface area contributed by atoms with Crippen molar-refractivity contribution in [3.05, 3.63) is 12.7 Å². The minimum atomic E-state index is -0.00694. The van der Waals surface area contributed by atoms with Crippen LogP contribution in [0.1, 0.15) is 33.1 Å². The van der Waals surface area contributed by atoms with Gasteiger partial charge in [-0.25, -0.2) is 0 Å². The maximum Gasteiger partial charge on any atom is 0.0527 e. The minimum Gasteiger partial charge on any atom is -0.395 e. The molecule has 0 saturated heterocycles. The van der Waals surface area contributed by atoms with E-state index in [4.69, 9.17) is 0 Å². The molecule has 1 saturated carbocycles. The molecule has 1 aliphatic rings. The van der Waals surface area contributed by atoms with Gasteiger partial charge in [0.15, 0.2) is 0 Å². The first-order valence-corrected chi connectivity index (χ1v) is 4.32. The summed E-state index contributed by atoms with van der Waals surface area (Å²) >= 11 is 0. The van der Waals surface area contributed by atoms with Crippen LogP contribution in [0, 0.1) is 10.8 Å². The highest BCUT2D eigenvalue weighted by atomic mass is 16.3. The molecule has 1 fully saturated rings. The smallest absolute Gasteiger partial charge is 0.0527 e. The van der Waals surface area contributed by atoms with Crippen molar-refractivity contribution < 1.29 is 5.11 Å². The molecular formula is C10H18O. The Morgan fingerprint density at radius 2 is 2.09 bits per heavy atom. The van der Waals surface area contributed by atoms with E-state index in [0.29, 0.717) is 0 Å². The second-order valence-corrected chi connectivity index (χ2v) is 4.26. The predicted molar refractivity (Wildman–Crippen MR) is 47.3 cm³/mol. The van der Waals surface area contributed by atoms with Gasteiger partial charge < -0.3 is 5.11 Å². The Balaban J connectivity index is 2.90. The van der Waals surface area contributed by atoms with Crippen LogP contribution in [0.3, 0.4) is 0 Å². The fraction of sp³-hybridized carbons (Fsp3) is 0.800. The molecule has 0 aromatic rings. The first-order valence-electron chi connectivity index (χ1n) is 4.32. The van der Waals surface area contributed by atoms with E-state index in [9.17, 15) is 5.11 Å². The number of hydrogen-bond acceptors (Lipinski definition) is 1. The molecule has 0 aromatic heterocycles. The summed E-state index contributed by atoms with van der Waals surface area (Å²) in [5.74, 6) is 0. The molecule has 0 radical (unpaired) electrons. The zero-order valence-corrected chi connectivity index (χ0v) is 7.56. The molecule has 1 rings (SSSR count).